The summed E-state index contributed by atoms with van der Waals surface area (Å²) in [5, 5.41) is 3.69. The van der Waals surface area contributed by atoms with Gasteiger partial charge in [-0.3, -0.25) is 0 Å². The van der Waals surface area contributed by atoms with Gasteiger partial charge in [0.25, 0.3) is 0 Å². The molecular weight excluding hydrogens is 365 g/mol. The van der Waals surface area contributed by atoms with E-state index in [9.17, 15) is 9.59 Å². The molecule has 1 aromatic rings. The van der Waals surface area contributed by atoms with Crippen molar-refractivity contribution in [3.63, 3.8) is 0 Å². The van der Waals surface area contributed by atoms with Crippen LogP contribution >= 0.6 is 23.2 Å². The highest BCUT2D eigenvalue weighted by atomic mass is 35.5. The predicted molar refractivity (Wildman–Crippen MR) is 99.5 cm³/mol. The maximum atomic E-state index is 12.4. The van der Waals surface area contributed by atoms with Crippen molar-refractivity contribution < 1.29 is 14.3 Å². The van der Waals surface area contributed by atoms with Crippen molar-refractivity contribution in [3.05, 3.63) is 28.2 Å². The molecule has 3 amide bonds. The molecule has 1 heterocycles. The summed E-state index contributed by atoms with van der Waals surface area (Å²) in [7, 11) is 0. The summed E-state index contributed by atoms with van der Waals surface area (Å²) in [6, 6.07) is 4.62. The number of amides is 3. The molecule has 1 aliphatic rings. The number of ether oxygens (including phenoxy) is 1. The Morgan fingerprint density at radius 1 is 1.00 bits per heavy atom. The van der Waals surface area contributed by atoms with E-state index in [0.29, 0.717) is 48.3 Å². The van der Waals surface area contributed by atoms with E-state index in [1.54, 1.807) is 28.0 Å². The molecule has 1 saturated heterocycles. The van der Waals surface area contributed by atoms with Gasteiger partial charge in [-0.05, 0) is 45.4 Å². The first-order chi connectivity index (χ1) is 11.6. The maximum absolute atomic E-state index is 12.4. The van der Waals surface area contributed by atoms with Gasteiger partial charge in [-0.2, -0.15) is 0 Å². The molecule has 0 aromatic heterocycles. The third kappa shape index (κ3) is 6.29. The second kappa shape index (κ2) is 8.15. The molecule has 1 aliphatic heterocycles. The van der Waals surface area contributed by atoms with Crippen LogP contribution in [0.3, 0.4) is 0 Å². The Hall–Kier alpha value is -1.66. The van der Waals surface area contributed by atoms with Gasteiger partial charge in [0.2, 0.25) is 0 Å². The van der Waals surface area contributed by atoms with E-state index in [2.05, 4.69) is 5.32 Å². The number of anilines is 1. The van der Waals surface area contributed by atoms with Gasteiger partial charge in [0.1, 0.15) is 5.60 Å². The highest BCUT2D eigenvalue weighted by molar-refractivity contribution is 6.35. The number of nitrogens with one attached hydrogen (secondary N) is 1. The molecule has 0 unspecified atom stereocenters. The van der Waals surface area contributed by atoms with Crippen LogP contribution in [0.5, 0.6) is 0 Å². The van der Waals surface area contributed by atoms with E-state index < -0.39 is 5.60 Å². The number of hydrogen-bond donors (Lipinski definition) is 1. The molecule has 138 valence electrons. The van der Waals surface area contributed by atoms with Gasteiger partial charge in [-0.1, -0.05) is 23.2 Å². The SMILES string of the molecule is CC(C)(C)OC(=O)N1CCCN(C(=O)Nc2cc(Cl)cc(Cl)c2)CC1. The summed E-state index contributed by atoms with van der Waals surface area (Å²) in [5.41, 5.74) is 0.00231. The second-order valence-electron chi connectivity index (χ2n) is 6.90. The highest BCUT2D eigenvalue weighted by Gasteiger charge is 2.26. The lowest BCUT2D eigenvalue weighted by Gasteiger charge is -2.26. The van der Waals surface area contributed by atoms with Crippen molar-refractivity contribution >= 4 is 41.0 Å². The number of halogens is 2. The van der Waals surface area contributed by atoms with Crippen molar-refractivity contribution in [2.24, 2.45) is 0 Å². The summed E-state index contributed by atoms with van der Waals surface area (Å²) in [4.78, 5) is 27.9. The smallest absolute Gasteiger partial charge is 0.410 e. The van der Waals surface area contributed by atoms with Gasteiger partial charge >= 0.3 is 12.1 Å². The van der Waals surface area contributed by atoms with Crippen molar-refractivity contribution in [3.8, 4) is 0 Å². The Bertz CT molecular complexity index is 626. The van der Waals surface area contributed by atoms with Crippen LogP contribution in [0.4, 0.5) is 15.3 Å². The number of carbonyl (C=O) groups excluding carboxylic acids is 2. The number of nitrogens with zero attached hydrogens (tertiary/aromatic N) is 2. The third-order valence-electron chi connectivity index (χ3n) is 3.55. The van der Waals surface area contributed by atoms with E-state index in [1.165, 1.54) is 0 Å². The first-order valence-corrected chi connectivity index (χ1v) is 8.89. The first-order valence-electron chi connectivity index (χ1n) is 8.14. The Morgan fingerprint density at radius 3 is 2.16 bits per heavy atom. The van der Waals surface area contributed by atoms with Gasteiger partial charge < -0.3 is 19.9 Å². The van der Waals surface area contributed by atoms with Crippen LogP contribution in [0, 0.1) is 0 Å². The van der Waals surface area contributed by atoms with Crippen LogP contribution in [0.2, 0.25) is 10.0 Å². The lowest BCUT2D eigenvalue weighted by Crippen LogP contribution is -2.41. The Balaban J connectivity index is 1.93. The minimum atomic E-state index is -0.535. The Kier molecular flexibility index (Phi) is 6.41. The Morgan fingerprint density at radius 2 is 1.56 bits per heavy atom. The molecule has 0 spiro atoms. The number of hydrogen-bond acceptors (Lipinski definition) is 3. The number of benzene rings is 1. The quantitative estimate of drug-likeness (QED) is 0.772. The summed E-state index contributed by atoms with van der Waals surface area (Å²) in [6.45, 7) is 7.47. The van der Waals surface area contributed by atoms with Gasteiger partial charge in [0.05, 0.1) is 0 Å². The lowest BCUT2D eigenvalue weighted by molar-refractivity contribution is 0.0259. The number of urea groups is 1. The monoisotopic (exact) mass is 387 g/mol. The van der Waals surface area contributed by atoms with Crippen LogP contribution in [0.1, 0.15) is 27.2 Å². The minimum absolute atomic E-state index is 0.246. The fourth-order valence-electron chi connectivity index (χ4n) is 2.46. The van der Waals surface area contributed by atoms with Crippen molar-refractivity contribution in [2.45, 2.75) is 32.8 Å². The molecule has 6 nitrogen and oxygen atoms in total. The molecule has 1 N–H and O–H groups in total. The molecule has 0 radical (unpaired) electrons. The number of rotatable bonds is 1. The summed E-state index contributed by atoms with van der Waals surface area (Å²) in [5.74, 6) is 0. The minimum Gasteiger partial charge on any atom is -0.444 e. The molecule has 8 heteroatoms. The Labute approximate surface area is 158 Å². The van der Waals surface area contributed by atoms with E-state index in [1.807, 2.05) is 20.8 Å². The van der Waals surface area contributed by atoms with E-state index in [-0.39, 0.29) is 12.1 Å². The topological polar surface area (TPSA) is 61.9 Å². The van der Waals surface area contributed by atoms with Crippen LogP contribution < -0.4 is 5.32 Å². The van der Waals surface area contributed by atoms with Crippen molar-refractivity contribution in [1.82, 2.24) is 9.80 Å². The van der Waals surface area contributed by atoms with Gasteiger partial charge in [0.15, 0.2) is 0 Å². The molecule has 0 bridgehead atoms. The molecule has 1 aromatic carbocycles. The zero-order chi connectivity index (χ0) is 18.6. The summed E-state index contributed by atoms with van der Waals surface area (Å²) < 4.78 is 5.39. The zero-order valence-electron chi connectivity index (χ0n) is 14.6. The largest absolute Gasteiger partial charge is 0.444 e. The highest BCUT2D eigenvalue weighted by Crippen LogP contribution is 2.23. The fraction of sp³-hybridized carbons (Fsp3) is 0.529. The molecule has 0 atom stereocenters. The van der Waals surface area contributed by atoms with E-state index in [4.69, 9.17) is 27.9 Å². The van der Waals surface area contributed by atoms with Crippen molar-refractivity contribution in [1.29, 1.82) is 0 Å². The normalized spacial score (nSPS) is 15.6. The summed E-state index contributed by atoms with van der Waals surface area (Å²) in [6.07, 6.45) is 0.333. The molecule has 1 fully saturated rings. The lowest BCUT2D eigenvalue weighted by atomic mass is 10.2. The molecular formula is C17H23Cl2N3O3. The van der Waals surface area contributed by atoms with Crippen LogP contribution in [-0.2, 0) is 4.74 Å². The second-order valence-corrected chi connectivity index (χ2v) is 7.77. The molecule has 0 aliphatic carbocycles. The van der Waals surface area contributed by atoms with Crippen LogP contribution in [0.25, 0.3) is 0 Å². The van der Waals surface area contributed by atoms with Gasteiger partial charge in [-0.15, -0.1) is 0 Å². The zero-order valence-corrected chi connectivity index (χ0v) is 16.2. The van der Waals surface area contributed by atoms with Gasteiger partial charge in [-0.25, -0.2) is 9.59 Å². The van der Waals surface area contributed by atoms with Gasteiger partial charge in [0, 0.05) is 41.9 Å². The van der Waals surface area contributed by atoms with Crippen molar-refractivity contribution in [2.75, 3.05) is 31.5 Å². The standard InChI is InChI=1S/C17H23Cl2N3O3/c1-17(2,3)25-16(24)22-6-4-5-21(7-8-22)15(23)20-14-10-12(18)9-13(19)11-14/h9-11H,4-8H2,1-3H3,(H,20,23). The number of carbonyl (C=O) groups is 2. The third-order valence-corrected chi connectivity index (χ3v) is 3.99. The van der Waals surface area contributed by atoms with Crippen LogP contribution in [0.15, 0.2) is 18.2 Å². The maximum Gasteiger partial charge on any atom is 0.410 e. The fourth-order valence-corrected chi connectivity index (χ4v) is 2.98. The summed E-state index contributed by atoms with van der Waals surface area (Å²) >= 11 is 11.9. The van der Waals surface area contributed by atoms with Crippen LogP contribution in [-0.4, -0.2) is 53.7 Å². The van der Waals surface area contributed by atoms with E-state index >= 15 is 0 Å². The molecule has 0 saturated carbocycles. The average Bonchev–Trinajstić information content (AvgIpc) is 2.70. The average molecular weight is 388 g/mol. The van der Waals surface area contributed by atoms with E-state index in [0.717, 1.165) is 0 Å². The molecule has 2 rings (SSSR count). The first kappa shape index (κ1) is 19.7. The predicted octanol–water partition coefficient (Wildman–Crippen LogP) is 4.47. The molecule has 25 heavy (non-hydrogen) atoms.